The van der Waals surface area contributed by atoms with Crippen LogP contribution in [0.4, 0.5) is 5.69 Å². The third kappa shape index (κ3) is 4.59. The molecular formula is C20H29N3O4. The van der Waals surface area contributed by atoms with Crippen molar-refractivity contribution in [1.82, 2.24) is 4.90 Å². The van der Waals surface area contributed by atoms with Gasteiger partial charge in [-0.05, 0) is 31.4 Å². The van der Waals surface area contributed by atoms with Gasteiger partial charge >= 0.3 is 11.8 Å². The number of nitrogens with zero attached hydrogens (tertiary/aromatic N) is 1. The van der Waals surface area contributed by atoms with E-state index in [2.05, 4.69) is 12.2 Å². The minimum absolute atomic E-state index is 0.117. The maximum Gasteiger partial charge on any atom is 0.313 e. The van der Waals surface area contributed by atoms with Crippen molar-refractivity contribution in [3.05, 3.63) is 24.3 Å². The molecule has 0 aromatic heterocycles. The average Bonchev–Trinajstić information content (AvgIpc) is 2.98. The van der Waals surface area contributed by atoms with Crippen LogP contribution in [-0.2, 0) is 14.3 Å². The lowest BCUT2D eigenvalue weighted by Gasteiger charge is -2.36. The Bertz CT molecular complexity index is 673. The summed E-state index contributed by atoms with van der Waals surface area (Å²) in [5, 5.41) is 2.68. The van der Waals surface area contributed by atoms with E-state index < -0.39 is 11.8 Å². The van der Waals surface area contributed by atoms with Gasteiger partial charge in [0.05, 0.1) is 6.61 Å². The van der Waals surface area contributed by atoms with Gasteiger partial charge in [-0.15, -0.1) is 0 Å². The SMILES string of the molecule is CCCCOc1cccc(NC(=O)C(=O)N2CC(N)C3(CCOCC3)C2)c1. The van der Waals surface area contributed by atoms with Gasteiger partial charge in [0.15, 0.2) is 0 Å². The maximum absolute atomic E-state index is 12.6. The Kier molecular flexibility index (Phi) is 6.34. The molecule has 0 aliphatic carbocycles. The number of benzene rings is 1. The van der Waals surface area contributed by atoms with E-state index in [1.165, 1.54) is 0 Å². The Balaban J connectivity index is 1.58. The quantitative estimate of drug-likeness (QED) is 0.604. The van der Waals surface area contributed by atoms with Crippen LogP contribution in [0.25, 0.3) is 0 Å². The molecule has 1 atom stereocenters. The number of hydrogen-bond donors (Lipinski definition) is 2. The van der Waals surface area contributed by atoms with E-state index in [4.69, 9.17) is 15.2 Å². The Morgan fingerprint density at radius 2 is 2.15 bits per heavy atom. The van der Waals surface area contributed by atoms with Crippen LogP contribution in [0.15, 0.2) is 24.3 Å². The minimum atomic E-state index is -0.642. The number of likely N-dealkylation sites (tertiary alicyclic amines) is 1. The molecule has 7 nitrogen and oxygen atoms in total. The molecule has 148 valence electrons. The first-order valence-electron chi connectivity index (χ1n) is 9.70. The van der Waals surface area contributed by atoms with Crippen molar-refractivity contribution in [2.24, 2.45) is 11.1 Å². The highest BCUT2D eigenvalue weighted by Crippen LogP contribution is 2.39. The molecule has 3 N–H and O–H groups in total. The van der Waals surface area contributed by atoms with Gasteiger partial charge in [-0.3, -0.25) is 9.59 Å². The topological polar surface area (TPSA) is 93.9 Å². The Hall–Kier alpha value is -2.12. The molecule has 2 amide bonds. The van der Waals surface area contributed by atoms with Crippen LogP contribution in [-0.4, -0.2) is 55.7 Å². The molecule has 3 rings (SSSR count). The van der Waals surface area contributed by atoms with Crippen molar-refractivity contribution < 1.29 is 19.1 Å². The van der Waals surface area contributed by atoms with E-state index >= 15 is 0 Å². The summed E-state index contributed by atoms with van der Waals surface area (Å²) in [7, 11) is 0. The van der Waals surface area contributed by atoms with E-state index in [-0.39, 0.29) is 11.5 Å². The zero-order valence-corrected chi connectivity index (χ0v) is 15.9. The normalized spacial score (nSPS) is 21.3. The lowest BCUT2D eigenvalue weighted by Crippen LogP contribution is -2.44. The molecule has 2 aliphatic heterocycles. The largest absolute Gasteiger partial charge is 0.494 e. The van der Waals surface area contributed by atoms with Crippen LogP contribution in [0.2, 0.25) is 0 Å². The van der Waals surface area contributed by atoms with Crippen molar-refractivity contribution in [1.29, 1.82) is 0 Å². The number of ether oxygens (including phenoxy) is 2. The van der Waals surface area contributed by atoms with Crippen LogP contribution >= 0.6 is 0 Å². The van der Waals surface area contributed by atoms with Crippen molar-refractivity contribution in [3.63, 3.8) is 0 Å². The van der Waals surface area contributed by atoms with E-state index in [1.54, 1.807) is 23.1 Å². The number of rotatable bonds is 5. The third-order valence-electron chi connectivity index (χ3n) is 5.54. The van der Waals surface area contributed by atoms with E-state index in [1.807, 2.05) is 6.07 Å². The number of nitrogens with one attached hydrogen (secondary N) is 1. The third-order valence-corrected chi connectivity index (χ3v) is 5.54. The van der Waals surface area contributed by atoms with Gasteiger partial charge in [0.2, 0.25) is 0 Å². The molecule has 2 saturated heterocycles. The van der Waals surface area contributed by atoms with E-state index in [0.717, 1.165) is 25.7 Å². The first-order chi connectivity index (χ1) is 13.0. The second-order valence-electron chi connectivity index (χ2n) is 7.45. The number of anilines is 1. The molecule has 0 saturated carbocycles. The Morgan fingerprint density at radius 3 is 2.89 bits per heavy atom. The summed E-state index contributed by atoms with van der Waals surface area (Å²) < 4.78 is 11.1. The molecule has 7 heteroatoms. The zero-order chi connectivity index (χ0) is 19.3. The molecule has 2 aliphatic rings. The molecular weight excluding hydrogens is 346 g/mol. The lowest BCUT2D eigenvalue weighted by atomic mass is 9.76. The fraction of sp³-hybridized carbons (Fsp3) is 0.600. The molecule has 0 bridgehead atoms. The van der Waals surface area contributed by atoms with Gasteiger partial charge in [0, 0.05) is 49.5 Å². The van der Waals surface area contributed by atoms with Crippen molar-refractivity contribution in [3.8, 4) is 5.75 Å². The number of unbranched alkanes of at least 4 members (excludes halogenated alkanes) is 1. The highest BCUT2D eigenvalue weighted by atomic mass is 16.5. The standard InChI is InChI=1S/C20H29N3O4/c1-2-3-9-27-16-6-4-5-15(12-16)22-18(24)19(25)23-13-17(21)20(14-23)7-10-26-11-8-20/h4-6,12,17H,2-3,7-11,13-14,21H2,1H3,(H,22,24). The fourth-order valence-electron chi connectivity index (χ4n) is 3.78. The predicted octanol–water partition coefficient (Wildman–Crippen LogP) is 1.77. The molecule has 27 heavy (non-hydrogen) atoms. The number of nitrogens with two attached hydrogens (primary N) is 1. The monoisotopic (exact) mass is 375 g/mol. The summed E-state index contributed by atoms with van der Waals surface area (Å²) in [5.41, 5.74) is 6.73. The van der Waals surface area contributed by atoms with Crippen LogP contribution in [0, 0.1) is 5.41 Å². The zero-order valence-electron chi connectivity index (χ0n) is 15.9. The van der Waals surface area contributed by atoms with Gasteiger partial charge in [0.1, 0.15) is 5.75 Å². The van der Waals surface area contributed by atoms with E-state index in [9.17, 15) is 9.59 Å². The van der Waals surface area contributed by atoms with E-state index in [0.29, 0.717) is 44.3 Å². The van der Waals surface area contributed by atoms with Crippen LogP contribution in [0.5, 0.6) is 5.75 Å². The van der Waals surface area contributed by atoms with Crippen molar-refractivity contribution in [2.45, 2.75) is 38.6 Å². The predicted molar refractivity (Wildman–Crippen MR) is 103 cm³/mol. The average molecular weight is 375 g/mol. The highest BCUT2D eigenvalue weighted by molar-refractivity contribution is 6.39. The summed E-state index contributed by atoms with van der Waals surface area (Å²) in [6.07, 6.45) is 3.68. The molecule has 2 heterocycles. The van der Waals surface area contributed by atoms with Gasteiger partial charge < -0.3 is 25.4 Å². The molecule has 1 aromatic rings. The van der Waals surface area contributed by atoms with Gasteiger partial charge in [-0.25, -0.2) is 0 Å². The summed E-state index contributed by atoms with van der Waals surface area (Å²) in [6.45, 7) is 4.97. The van der Waals surface area contributed by atoms with Gasteiger partial charge in [-0.1, -0.05) is 19.4 Å². The summed E-state index contributed by atoms with van der Waals surface area (Å²) in [4.78, 5) is 26.6. The van der Waals surface area contributed by atoms with Crippen LogP contribution in [0.3, 0.4) is 0 Å². The number of carbonyl (C=O) groups excluding carboxylic acids is 2. The highest BCUT2D eigenvalue weighted by Gasteiger charge is 2.47. The minimum Gasteiger partial charge on any atom is -0.494 e. The Morgan fingerprint density at radius 1 is 1.37 bits per heavy atom. The fourth-order valence-corrected chi connectivity index (χ4v) is 3.78. The lowest BCUT2D eigenvalue weighted by molar-refractivity contribution is -0.142. The second kappa shape index (κ2) is 8.71. The summed E-state index contributed by atoms with van der Waals surface area (Å²) in [6, 6.07) is 6.99. The number of carbonyl (C=O) groups is 2. The molecule has 1 unspecified atom stereocenters. The maximum atomic E-state index is 12.6. The van der Waals surface area contributed by atoms with Crippen LogP contribution in [0.1, 0.15) is 32.6 Å². The summed E-state index contributed by atoms with van der Waals surface area (Å²) >= 11 is 0. The second-order valence-corrected chi connectivity index (χ2v) is 7.45. The van der Waals surface area contributed by atoms with Gasteiger partial charge in [0.25, 0.3) is 0 Å². The number of hydrogen-bond acceptors (Lipinski definition) is 5. The molecule has 0 radical (unpaired) electrons. The first-order valence-corrected chi connectivity index (χ1v) is 9.70. The molecule has 2 fully saturated rings. The van der Waals surface area contributed by atoms with Gasteiger partial charge in [-0.2, -0.15) is 0 Å². The van der Waals surface area contributed by atoms with Crippen LogP contribution < -0.4 is 15.8 Å². The van der Waals surface area contributed by atoms with Crippen molar-refractivity contribution in [2.75, 3.05) is 38.2 Å². The van der Waals surface area contributed by atoms with Crippen molar-refractivity contribution >= 4 is 17.5 Å². The Labute approximate surface area is 160 Å². The molecule has 1 aromatic carbocycles. The molecule has 1 spiro atoms. The summed E-state index contributed by atoms with van der Waals surface area (Å²) in [5.74, 6) is -0.499. The first kappa shape index (κ1) is 19.6. The smallest absolute Gasteiger partial charge is 0.313 e. The number of amides is 2.